The van der Waals surface area contributed by atoms with E-state index in [2.05, 4.69) is 5.32 Å². The topological polar surface area (TPSA) is 88.4 Å². The summed E-state index contributed by atoms with van der Waals surface area (Å²) in [5, 5.41) is 12.4. The lowest BCUT2D eigenvalue weighted by Crippen LogP contribution is -2.34. The number of nitrogens with zero attached hydrogens (tertiary/aromatic N) is 1. The van der Waals surface area contributed by atoms with Crippen molar-refractivity contribution in [2.24, 2.45) is 5.92 Å². The largest absolute Gasteiger partial charge is 0.503 e. The van der Waals surface area contributed by atoms with Crippen molar-refractivity contribution in [3.05, 3.63) is 63.1 Å². The summed E-state index contributed by atoms with van der Waals surface area (Å²) in [6.07, 6.45) is 1.74. The van der Waals surface area contributed by atoms with E-state index >= 15 is 0 Å². The third-order valence-electron chi connectivity index (χ3n) is 4.44. The Hall–Kier alpha value is -3.03. The number of rotatable bonds is 3. The molecule has 136 valence electrons. The standard InChI is InChI=1S/C18H16F2N2O4/c1-9-4-5-22-8-12(16(24)17(25)14(22)15(9)23)18(26)21-7-10-2-3-11(19)6-13(10)20/h2-3,6,8-9,25H,4-5,7H2,1H3,(H,21,26). The van der Waals surface area contributed by atoms with Gasteiger partial charge >= 0.3 is 0 Å². The van der Waals surface area contributed by atoms with E-state index in [1.165, 1.54) is 16.8 Å². The van der Waals surface area contributed by atoms with Crippen molar-refractivity contribution in [2.45, 2.75) is 26.4 Å². The number of Topliss-reactive ketones (excluding diaryl/α,β-unsaturated/α-hetero) is 1. The summed E-state index contributed by atoms with van der Waals surface area (Å²) < 4.78 is 27.9. The van der Waals surface area contributed by atoms with Crippen LogP contribution >= 0.6 is 0 Å². The van der Waals surface area contributed by atoms with Gasteiger partial charge in [-0.05, 0) is 12.5 Å². The maximum Gasteiger partial charge on any atom is 0.257 e. The van der Waals surface area contributed by atoms with Crippen molar-refractivity contribution in [3.63, 3.8) is 0 Å². The highest BCUT2D eigenvalue weighted by molar-refractivity contribution is 6.01. The minimum atomic E-state index is -0.962. The molecule has 0 fully saturated rings. The zero-order valence-electron chi connectivity index (χ0n) is 13.9. The van der Waals surface area contributed by atoms with Crippen molar-refractivity contribution in [3.8, 4) is 5.75 Å². The second kappa shape index (κ2) is 6.70. The van der Waals surface area contributed by atoms with Crippen LogP contribution in [0.1, 0.15) is 39.8 Å². The summed E-state index contributed by atoms with van der Waals surface area (Å²) in [6, 6.07) is 2.92. The highest BCUT2D eigenvalue weighted by atomic mass is 19.1. The van der Waals surface area contributed by atoms with Crippen LogP contribution in [0.5, 0.6) is 5.75 Å². The quantitative estimate of drug-likeness (QED) is 0.874. The summed E-state index contributed by atoms with van der Waals surface area (Å²) in [6.45, 7) is 1.82. The van der Waals surface area contributed by atoms with E-state index in [1.807, 2.05) is 0 Å². The van der Waals surface area contributed by atoms with Gasteiger partial charge in [0.05, 0.1) is 0 Å². The molecule has 2 N–H and O–H groups in total. The van der Waals surface area contributed by atoms with Gasteiger partial charge in [-0.2, -0.15) is 0 Å². The summed E-state index contributed by atoms with van der Waals surface area (Å²) in [7, 11) is 0. The van der Waals surface area contributed by atoms with Crippen LogP contribution in [-0.2, 0) is 13.1 Å². The van der Waals surface area contributed by atoms with E-state index in [4.69, 9.17) is 0 Å². The summed E-state index contributed by atoms with van der Waals surface area (Å²) in [4.78, 5) is 36.7. The number of amides is 1. The fourth-order valence-corrected chi connectivity index (χ4v) is 2.88. The van der Waals surface area contributed by atoms with Crippen LogP contribution in [0.3, 0.4) is 0 Å². The van der Waals surface area contributed by atoms with Gasteiger partial charge in [0.15, 0.2) is 11.5 Å². The maximum atomic E-state index is 13.6. The van der Waals surface area contributed by atoms with Gasteiger partial charge in [-0.1, -0.05) is 13.0 Å². The molecular weight excluding hydrogens is 346 g/mol. The third-order valence-corrected chi connectivity index (χ3v) is 4.44. The molecular formula is C18H16F2N2O4. The van der Waals surface area contributed by atoms with Gasteiger partial charge < -0.3 is 15.0 Å². The Morgan fingerprint density at radius 2 is 2.08 bits per heavy atom. The molecule has 1 aliphatic rings. The molecule has 0 aliphatic carbocycles. The van der Waals surface area contributed by atoms with Gasteiger partial charge in [0.25, 0.3) is 5.91 Å². The first-order valence-corrected chi connectivity index (χ1v) is 8.02. The van der Waals surface area contributed by atoms with Crippen molar-refractivity contribution >= 4 is 11.7 Å². The number of nitrogens with one attached hydrogen (secondary N) is 1. The third kappa shape index (κ3) is 3.10. The van der Waals surface area contributed by atoms with Crippen LogP contribution in [0.4, 0.5) is 8.78 Å². The Bertz CT molecular complexity index is 968. The highest BCUT2D eigenvalue weighted by Crippen LogP contribution is 2.25. The fraction of sp³-hybridized carbons (Fsp3) is 0.278. The molecule has 0 saturated heterocycles. The van der Waals surface area contributed by atoms with Crippen molar-refractivity contribution in [1.82, 2.24) is 9.88 Å². The average Bonchev–Trinajstić information content (AvgIpc) is 2.60. The van der Waals surface area contributed by atoms with Gasteiger partial charge in [0.2, 0.25) is 5.43 Å². The predicted molar refractivity (Wildman–Crippen MR) is 88.0 cm³/mol. The lowest BCUT2D eigenvalue weighted by molar-refractivity contribution is 0.0879. The molecule has 1 amide bonds. The number of ketones is 1. The summed E-state index contributed by atoms with van der Waals surface area (Å²) in [5.74, 6) is -3.82. The number of fused-ring (bicyclic) bond motifs is 1. The van der Waals surface area contributed by atoms with Gasteiger partial charge in [0.1, 0.15) is 22.9 Å². The Balaban J connectivity index is 1.87. The summed E-state index contributed by atoms with van der Waals surface area (Å²) >= 11 is 0. The van der Waals surface area contributed by atoms with Gasteiger partial charge in [-0.3, -0.25) is 14.4 Å². The number of halogens is 2. The second-order valence-corrected chi connectivity index (χ2v) is 6.23. The van der Waals surface area contributed by atoms with Crippen molar-refractivity contribution < 1.29 is 23.5 Å². The highest BCUT2D eigenvalue weighted by Gasteiger charge is 2.30. The van der Waals surface area contributed by atoms with Gasteiger partial charge in [-0.15, -0.1) is 0 Å². The molecule has 1 aromatic carbocycles. The maximum absolute atomic E-state index is 13.6. The van der Waals surface area contributed by atoms with Gasteiger partial charge in [0, 0.05) is 36.8 Å². The molecule has 1 unspecified atom stereocenters. The molecule has 1 atom stereocenters. The molecule has 0 saturated carbocycles. The SMILES string of the molecule is CC1CCn2cc(C(=O)NCc3ccc(F)cc3F)c(=O)c(O)c2C1=O. The van der Waals surface area contributed by atoms with Crippen LogP contribution in [0.2, 0.25) is 0 Å². The second-order valence-electron chi connectivity index (χ2n) is 6.23. The predicted octanol–water partition coefficient (Wildman–Crippen LogP) is 1.98. The Morgan fingerprint density at radius 1 is 1.35 bits per heavy atom. The van der Waals surface area contributed by atoms with E-state index in [1.54, 1.807) is 6.92 Å². The fourth-order valence-electron chi connectivity index (χ4n) is 2.88. The molecule has 2 aromatic rings. The number of benzene rings is 1. The first kappa shape index (κ1) is 17.8. The number of carbonyl (C=O) groups is 2. The monoisotopic (exact) mass is 362 g/mol. The smallest absolute Gasteiger partial charge is 0.257 e. The Morgan fingerprint density at radius 3 is 2.77 bits per heavy atom. The normalized spacial score (nSPS) is 16.3. The Kier molecular flexibility index (Phi) is 4.58. The number of aromatic nitrogens is 1. The van der Waals surface area contributed by atoms with Crippen LogP contribution in [-0.4, -0.2) is 21.4 Å². The molecule has 0 radical (unpaired) electrons. The molecule has 6 nitrogen and oxygen atoms in total. The zero-order valence-corrected chi connectivity index (χ0v) is 13.9. The van der Waals surface area contributed by atoms with Crippen LogP contribution in [0.15, 0.2) is 29.2 Å². The molecule has 0 spiro atoms. The molecule has 1 aliphatic heterocycles. The number of hydrogen-bond acceptors (Lipinski definition) is 4. The minimum Gasteiger partial charge on any atom is -0.503 e. The van der Waals surface area contributed by atoms with E-state index in [-0.39, 0.29) is 35.1 Å². The van der Waals surface area contributed by atoms with E-state index in [0.717, 1.165) is 6.07 Å². The molecule has 0 bridgehead atoms. The minimum absolute atomic E-state index is 0.0473. The Labute approximate surface area is 147 Å². The molecule has 8 heteroatoms. The van der Waals surface area contributed by atoms with Gasteiger partial charge in [-0.25, -0.2) is 8.78 Å². The van der Waals surface area contributed by atoms with Crippen LogP contribution in [0.25, 0.3) is 0 Å². The zero-order chi connectivity index (χ0) is 19.0. The van der Waals surface area contributed by atoms with E-state index in [0.29, 0.717) is 19.0 Å². The lowest BCUT2D eigenvalue weighted by Gasteiger charge is -2.23. The first-order valence-electron chi connectivity index (χ1n) is 8.02. The van der Waals surface area contributed by atoms with Crippen LogP contribution in [0, 0.1) is 17.6 Å². The molecule has 1 aromatic heterocycles. The van der Waals surface area contributed by atoms with Crippen molar-refractivity contribution in [1.29, 1.82) is 0 Å². The molecule has 3 rings (SSSR count). The molecule has 26 heavy (non-hydrogen) atoms. The van der Waals surface area contributed by atoms with E-state index < -0.39 is 28.7 Å². The van der Waals surface area contributed by atoms with E-state index in [9.17, 15) is 28.3 Å². The summed E-state index contributed by atoms with van der Waals surface area (Å²) in [5.41, 5.74) is -1.37. The van der Waals surface area contributed by atoms with Crippen molar-refractivity contribution in [2.75, 3.05) is 0 Å². The number of hydrogen-bond donors (Lipinski definition) is 2. The number of pyridine rings is 1. The number of aryl methyl sites for hydroxylation is 1. The number of aromatic hydroxyl groups is 1. The molecule has 2 heterocycles. The lowest BCUT2D eigenvalue weighted by atomic mass is 9.94. The van der Waals surface area contributed by atoms with Crippen LogP contribution < -0.4 is 10.7 Å². The first-order chi connectivity index (χ1) is 12.3. The number of carbonyl (C=O) groups excluding carboxylic acids is 2. The average molecular weight is 362 g/mol.